The molecule has 0 bridgehead atoms. The summed E-state index contributed by atoms with van der Waals surface area (Å²) < 4.78 is 33.1. The quantitative estimate of drug-likeness (QED) is 0.635. The number of carbonyl (C=O) groups excluding carboxylic acids is 1. The molecule has 0 aromatic heterocycles. The Labute approximate surface area is 194 Å². The van der Waals surface area contributed by atoms with Gasteiger partial charge in [0, 0.05) is 43.8 Å². The molecule has 2 aromatic rings. The monoisotopic (exact) mass is 477 g/mol. The predicted octanol–water partition coefficient (Wildman–Crippen LogP) is 3.75. The first-order chi connectivity index (χ1) is 15.3. The summed E-state index contributed by atoms with van der Waals surface area (Å²) in [5, 5.41) is 0.343. The van der Waals surface area contributed by atoms with E-state index in [1.807, 2.05) is 16.7 Å². The molecule has 2 aliphatic rings. The number of halogens is 1. The molecular weight excluding hydrogens is 450 g/mol. The molecule has 0 atom stereocenters. The highest BCUT2D eigenvalue weighted by atomic mass is 35.5. The molecule has 9 heteroatoms. The van der Waals surface area contributed by atoms with Gasteiger partial charge in [0.1, 0.15) is 10.6 Å². The maximum atomic E-state index is 13.2. The van der Waals surface area contributed by atoms with Crippen molar-refractivity contribution in [1.29, 1.82) is 0 Å². The van der Waals surface area contributed by atoms with Crippen molar-refractivity contribution in [2.45, 2.75) is 37.2 Å². The normalized spacial score (nSPS) is 18.4. The minimum atomic E-state index is -3.73. The molecule has 7 nitrogen and oxygen atoms in total. The molecule has 0 aliphatic carbocycles. The van der Waals surface area contributed by atoms with Crippen molar-refractivity contribution in [3.05, 3.63) is 58.6 Å². The number of urea groups is 1. The van der Waals surface area contributed by atoms with Gasteiger partial charge in [0.25, 0.3) is 0 Å². The van der Waals surface area contributed by atoms with Gasteiger partial charge in [-0.1, -0.05) is 41.4 Å². The summed E-state index contributed by atoms with van der Waals surface area (Å²) in [5.74, 6) is 0.276. The standard InChI is InChI=1S/C23H28ClN3O4S/c1-17-3-5-18(6-4-17)16-25-13-14-27(23(25)28)20-9-11-26(12-10-20)32(29,30)22-15-19(24)7-8-21(22)31-2/h3-8,15,20H,9-14,16H2,1-2H3. The summed E-state index contributed by atoms with van der Waals surface area (Å²) in [6.45, 7) is 4.70. The number of amides is 2. The van der Waals surface area contributed by atoms with Crippen molar-refractivity contribution >= 4 is 27.7 Å². The number of hydrogen-bond donors (Lipinski definition) is 0. The fourth-order valence-corrected chi connectivity index (χ4v) is 6.27. The lowest BCUT2D eigenvalue weighted by molar-refractivity contribution is 0.153. The van der Waals surface area contributed by atoms with E-state index >= 15 is 0 Å². The van der Waals surface area contributed by atoms with E-state index in [-0.39, 0.29) is 22.7 Å². The number of piperidine rings is 1. The fourth-order valence-electron chi connectivity index (χ4n) is 4.39. The highest BCUT2D eigenvalue weighted by Gasteiger charge is 2.38. The smallest absolute Gasteiger partial charge is 0.320 e. The molecule has 2 fully saturated rings. The summed E-state index contributed by atoms with van der Waals surface area (Å²) >= 11 is 6.04. The van der Waals surface area contributed by atoms with Gasteiger partial charge in [-0.3, -0.25) is 0 Å². The van der Waals surface area contributed by atoms with Crippen LogP contribution in [0.5, 0.6) is 5.75 Å². The maximum Gasteiger partial charge on any atom is 0.320 e. The van der Waals surface area contributed by atoms with Gasteiger partial charge >= 0.3 is 6.03 Å². The third-order valence-electron chi connectivity index (χ3n) is 6.23. The van der Waals surface area contributed by atoms with Crippen LogP contribution in [0.1, 0.15) is 24.0 Å². The van der Waals surface area contributed by atoms with E-state index in [4.69, 9.17) is 16.3 Å². The van der Waals surface area contributed by atoms with Crippen LogP contribution < -0.4 is 4.74 Å². The SMILES string of the molecule is COc1ccc(Cl)cc1S(=O)(=O)N1CCC(N2CCN(Cc3ccc(C)cc3)C2=O)CC1. The van der Waals surface area contributed by atoms with E-state index < -0.39 is 10.0 Å². The molecule has 4 rings (SSSR count). The zero-order chi connectivity index (χ0) is 22.9. The van der Waals surface area contributed by atoms with Crippen LogP contribution in [0.4, 0.5) is 4.79 Å². The molecule has 2 heterocycles. The van der Waals surface area contributed by atoms with Gasteiger partial charge in [-0.25, -0.2) is 13.2 Å². The average Bonchev–Trinajstić information content (AvgIpc) is 3.15. The topological polar surface area (TPSA) is 70.2 Å². The zero-order valence-corrected chi connectivity index (χ0v) is 19.9. The Morgan fingerprint density at radius 2 is 1.72 bits per heavy atom. The van der Waals surface area contributed by atoms with Crippen molar-refractivity contribution in [3.8, 4) is 5.75 Å². The second-order valence-corrected chi connectivity index (χ2v) is 10.7. The van der Waals surface area contributed by atoms with E-state index in [1.165, 1.54) is 23.0 Å². The second-order valence-electron chi connectivity index (χ2n) is 8.31. The van der Waals surface area contributed by atoms with Gasteiger partial charge in [0.2, 0.25) is 10.0 Å². The van der Waals surface area contributed by atoms with Gasteiger partial charge in [-0.05, 0) is 43.5 Å². The third kappa shape index (κ3) is 4.58. The Balaban J connectivity index is 1.39. The molecule has 172 valence electrons. The maximum absolute atomic E-state index is 13.2. The van der Waals surface area contributed by atoms with Gasteiger partial charge in [0.05, 0.1) is 7.11 Å². The lowest BCUT2D eigenvalue weighted by Gasteiger charge is -2.36. The minimum Gasteiger partial charge on any atom is -0.495 e. The number of aryl methyl sites for hydroxylation is 1. The molecular formula is C23H28ClN3O4S. The molecule has 2 saturated heterocycles. The van der Waals surface area contributed by atoms with Gasteiger partial charge < -0.3 is 14.5 Å². The lowest BCUT2D eigenvalue weighted by Crippen LogP contribution is -2.48. The minimum absolute atomic E-state index is 0.0309. The van der Waals surface area contributed by atoms with Crippen LogP contribution in [0.3, 0.4) is 0 Å². The number of nitrogens with zero attached hydrogens (tertiary/aromatic N) is 3. The Kier molecular flexibility index (Phi) is 6.65. The van der Waals surface area contributed by atoms with E-state index in [9.17, 15) is 13.2 Å². The summed E-state index contributed by atoms with van der Waals surface area (Å²) in [6.07, 6.45) is 1.21. The largest absolute Gasteiger partial charge is 0.495 e. The van der Waals surface area contributed by atoms with Crippen molar-refractivity contribution in [3.63, 3.8) is 0 Å². The molecule has 0 unspecified atom stereocenters. The van der Waals surface area contributed by atoms with Crippen LogP contribution in [-0.4, -0.2) is 67.9 Å². The van der Waals surface area contributed by atoms with Crippen LogP contribution in [0.15, 0.2) is 47.4 Å². The Hall–Kier alpha value is -2.29. The van der Waals surface area contributed by atoms with E-state index in [2.05, 4.69) is 24.3 Å². The number of hydrogen-bond acceptors (Lipinski definition) is 4. The van der Waals surface area contributed by atoms with Gasteiger partial charge in [0.15, 0.2) is 0 Å². The number of rotatable bonds is 6. The first kappa shape index (κ1) is 22.9. The highest BCUT2D eigenvalue weighted by Crippen LogP contribution is 2.32. The molecule has 0 saturated carbocycles. The molecule has 0 radical (unpaired) electrons. The van der Waals surface area contributed by atoms with Crippen LogP contribution >= 0.6 is 11.6 Å². The first-order valence-electron chi connectivity index (χ1n) is 10.7. The van der Waals surface area contributed by atoms with Crippen LogP contribution in [0.2, 0.25) is 5.02 Å². The molecule has 2 aliphatic heterocycles. The third-order valence-corrected chi connectivity index (χ3v) is 8.38. The lowest BCUT2D eigenvalue weighted by atomic mass is 10.1. The zero-order valence-electron chi connectivity index (χ0n) is 18.3. The van der Waals surface area contributed by atoms with Crippen molar-refractivity contribution < 1.29 is 17.9 Å². The summed E-state index contributed by atoms with van der Waals surface area (Å²) in [4.78, 5) is 16.8. The van der Waals surface area contributed by atoms with Gasteiger partial charge in [-0.2, -0.15) is 4.31 Å². The Morgan fingerprint density at radius 3 is 2.38 bits per heavy atom. The Bertz CT molecular complexity index is 1080. The number of carbonyl (C=O) groups is 1. The number of sulfonamides is 1. The molecule has 2 aromatic carbocycles. The number of ether oxygens (including phenoxy) is 1. The summed E-state index contributed by atoms with van der Waals surface area (Å²) in [7, 11) is -2.29. The Morgan fingerprint density at radius 1 is 1.03 bits per heavy atom. The predicted molar refractivity (Wildman–Crippen MR) is 123 cm³/mol. The van der Waals surface area contributed by atoms with Crippen LogP contribution in [0, 0.1) is 6.92 Å². The summed E-state index contributed by atoms with van der Waals surface area (Å²) in [6, 6.07) is 12.9. The average molecular weight is 478 g/mol. The van der Waals surface area contributed by atoms with E-state index in [0.717, 1.165) is 5.56 Å². The highest BCUT2D eigenvalue weighted by molar-refractivity contribution is 7.89. The van der Waals surface area contributed by atoms with Crippen LogP contribution in [0.25, 0.3) is 0 Å². The van der Waals surface area contributed by atoms with Crippen LogP contribution in [-0.2, 0) is 16.6 Å². The van der Waals surface area contributed by atoms with E-state index in [0.29, 0.717) is 50.6 Å². The summed E-state index contributed by atoms with van der Waals surface area (Å²) in [5.41, 5.74) is 2.31. The number of methoxy groups -OCH3 is 1. The van der Waals surface area contributed by atoms with Crippen molar-refractivity contribution in [2.75, 3.05) is 33.3 Å². The van der Waals surface area contributed by atoms with E-state index in [1.54, 1.807) is 12.1 Å². The second kappa shape index (κ2) is 9.29. The van der Waals surface area contributed by atoms with Gasteiger partial charge in [-0.15, -0.1) is 0 Å². The molecule has 2 amide bonds. The van der Waals surface area contributed by atoms with Crippen molar-refractivity contribution in [1.82, 2.24) is 14.1 Å². The number of benzene rings is 2. The van der Waals surface area contributed by atoms with Crippen molar-refractivity contribution in [2.24, 2.45) is 0 Å². The fraction of sp³-hybridized carbons (Fsp3) is 0.435. The molecule has 32 heavy (non-hydrogen) atoms. The molecule has 0 N–H and O–H groups in total. The first-order valence-corrected chi connectivity index (χ1v) is 12.6. The molecule has 0 spiro atoms.